The minimum absolute atomic E-state index is 0.113. The summed E-state index contributed by atoms with van der Waals surface area (Å²) < 4.78 is 103. The number of hydrogen-bond donors (Lipinski definition) is 2. The van der Waals surface area contributed by atoms with Crippen LogP contribution < -0.4 is 29.8 Å². The Hall–Kier alpha value is -3.85. The van der Waals surface area contributed by atoms with Gasteiger partial charge in [0.15, 0.2) is 18.0 Å². The monoisotopic (exact) mass is 606 g/mol. The molecule has 1 aliphatic rings. The van der Waals surface area contributed by atoms with Crippen molar-refractivity contribution in [3.8, 4) is 23.0 Å². The van der Waals surface area contributed by atoms with Crippen LogP contribution in [0.25, 0.3) is 0 Å². The average Bonchev–Trinajstić information content (AvgIpc) is 3.21. The predicted octanol–water partition coefficient (Wildman–Crippen LogP) is 3.21. The molecule has 0 aliphatic carbocycles. The number of benzene rings is 2. The molecule has 4 atom stereocenters. The minimum Gasteiger partial charge on any atom is -0.497 e. The number of aliphatic hydroxyl groups is 1. The second-order valence-corrected chi connectivity index (χ2v) is 10.1. The molecule has 2 aromatic carbocycles. The number of rotatable bonds is 11. The lowest BCUT2D eigenvalue weighted by atomic mass is 9.97. The van der Waals surface area contributed by atoms with Crippen molar-refractivity contribution in [2.45, 2.75) is 30.5 Å². The Bertz CT molecular complexity index is 1470. The lowest BCUT2D eigenvalue weighted by Gasteiger charge is -2.31. The second-order valence-electron chi connectivity index (χ2n) is 8.55. The van der Waals surface area contributed by atoms with Crippen molar-refractivity contribution in [1.82, 2.24) is 9.55 Å². The third-order valence-corrected chi connectivity index (χ3v) is 7.30. The van der Waals surface area contributed by atoms with E-state index in [9.17, 15) is 32.4 Å². The van der Waals surface area contributed by atoms with Gasteiger partial charge in [-0.25, -0.2) is 22.5 Å². The number of nitrogens with one attached hydrogen (secondary N) is 1. The van der Waals surface area contributed by atoms with Crippen LogP contribution in [-0.2, 0) is 13.8 Å². The average molecular weight is 606 g/mol. The molecule has 1 fully saturated rings. The fourth-order valence-corrected chi connectivity index (χ4v) is 5.05. The van der Waals surface area contributed by atoms with E-state index in [2.05, 4.69) is 0 Å². The molecule has 0 spiro atoms. The largest absolute Gasteiger partial charge is 0.587 e. The summed E-state index contributed by atoms with van der Waals surface area (Å²) in [6, 6.07) is 10.9. The Labute approximate surface area is 228 Å². The van der Waals surface area contributed by atoms with E-state index in [1.165, 1.54) is 67.7 Å². The summed E-state index contributed by atoms with van der Waals surface area (Å²) in [6.07, 6.45) is -11.2. The highest BCUT2D eigenvalue weighted by Gasteiger charge is 2.62. The first-order chi connectivity index (χ1) is 19.4. The fraction of sp³-hybridized carbons (Fsp3) is 0.333. The number of aromatic amines is 1. The molecule has 0 unspecified atom stereocenters. The van der Waals surface area contributed by atoms with Crippen LogP contribution in [0, 0.1) is 5.82 Å². The van der Waals surface area contributed by atoms with E-state index in [1.807, 2.05) is 0 Å². The third-order valence-electron chi connectivity index (χ3n) is 5.98. The van der Waals surface area contributed by atoms with Gasteiger partial charge in [-0.3, -0.25) is 18.9 Å². The number of alkyl halides is 3. The quantitative estimate of drug-likeness (QED) is 0.246. The zero-order chi connectivity index (χ0) is 29.9. The van der Waals surface area contributed by atoms with Crippen molar-refractivity contribution in [3.63, 3.8) is 0 Å². The predicted molar refractivity (Wildman–Crippen MR) is 132 cm³/mol. The molecule has 3 aromatic rings. The number of aromatic nitrogens is 2. The summed E-state index contributed by atoms with van der Waals surface area (Å²) in [6.45, 7) is -1.49. The summed E-state index contributed by atoms with van der Waals surface area (Å²) in [5.41, 5.74) is -6.10. The molecular formula is C24H23F4N2O10P. The first-order valence-electron chi connectivity index (χ1n) is 11.6. The van der Waals surface area contributed by atoms with Crippen LogP contribution in [0.15, 0.2) is 64.3 Å². The maximum Gasteiger partial charge on any atom is 0.587 e. The molecule has 41 heavy (non-hydrogen) atoms. The SMILES string of the molecule is COc1ccc(OP(=O)(OC[C@@]2(C(F)F)O[C@@H](n3cc(F)c(=O)[nH]c3=O)[C@H](F)[C@@H]2O)Oc2ccc(OC)cc2)cc1. The molecule has 1 aliphatic heterocycles. The molecule has 0 saturated carbocycles. The molecule has 17 heteroatoms. The van der Waals surface area contributed by atoms with Crippen LogP contribution in [0.1, 0.15) is 6.23 Å². The maximum atomic E-state index is 15.1. The lowest BCUT2D eigenvalue weighted by molar-refractivity contribution is -0.193. The molecule has 0 bridgehead atoms. The summed E-state index contributed by atoms with van der Waals surface area (Å²) in [5.74, 6) is -0.975. The third kappa shape index (κ3) is 6.25. The Morgan fingerprint density at radius 1 is 1.00 bits per heavy atom. The molecule has 0 radical (unpaired) electrons. The summed E-state index contributed by atoms with van der Waals surface area (Å²) >= 11 is 0. The fourth-order valence-electron chi connectivity index (χ4n) is 3.79. The number of halogens is 4. The van der Waals surface area contributed by atoms with Gasteiger partial charge in [-0.1, -0.05) is 0 Å². The first-order valence-corrected chi connectivity index (χ1v) is 13.1. The highest BCUT2D eigenvalue weighted by molar-refractivity contribution is 7.49. The topological polar surface area (TPSA) is 148 Å². The summed E-state index contributed by atoms with van der Waals surface area (Å²) in [7, 11) is -2.12. The normalized spacial score (nSPS) is 22.5. The highest BCUT2D eigenvalue weighted by atomic mass is 31.2. The number of H-pyrrole nitrogens is 1. The van der Waals surface area contributed by atoms with Gasteiger partial charge < -0.3 is 28.4 Å². The number of phosphoric ester groups is 1. The number of hydrogen-bond acceptors (Lipinski definition) is 10. The van der Waals surface area contributed by atoms with Gasteiger partial charge in [0, 0.05) is 0 Å². The molecule has 0 amide bonds. The zero-order valence-electron chi connectivity index (χ0n) is 21.2. The van der Waals surface area contributed by atoms with Gasteiger partial charge in [-0.15, -0.1) is 0 Å². The van der Waals surface area contributed by atoms with Gasteiger partial charge in [-0.2, -0.15) is 4.39 Å². The Balaban J connectivity index is 1.65. The van der Waals surface area contributed by atoms with Gasteiger partial charge >= 0.3 is 13.5 Å². The van der Waals surface area contributed by atoms with Crippen molar-refractivity contribution in [3.05, 3.63) is 81.4 Å². The van der Waals surface area contributed by atoms with Gasteiger partial charge in [0.2, 0.25) is 5.82 Å². The number of aliphatic hydroxyl groups excluding tert-OH is 1. The van der Waals surface area contributed by atoms with E-state index in [-0.39, 0.29) is 22.3 Å². The van der Waals surface area contributed by atoms with Gasteiger partial charge in [-0.05, 0) is 48.5 Å². The molecule has 222 valence electrons. The van der Waals surface area contributed by atoms with Crippen molar-refractivity contribution >= 4 is 7.82 Å². The number of nitrogens with zero attached hydrogens (tertiary/aromatic N) is 1. The standard InChI is InChI=1S/C24H23F4N2O10P/c1-35-13-3-7-15(8-4-13)39-41(34,40-16-9-5-14(36-2)6-10-16)37-12-24(22(27)28)19(31)18(26)21(38-24)30-11-17(25)20(32)29-23(30)33/h3-11,18-19,21-22,31H,12H2,1-2H3,(H,29,32,33)/t18-,19+,21-,24-/m1/s1. The minimum atomic E-state index is -4.91. The van der Waals surface area contributed by atoms with Gasteiger partial charge in [0.05, 0.1) is 27.0 Å². The van der Waals surface area contributed by atoms with Crippen LogP contribution in [0.3, 0.4) is 0 Å². The zero-order valence-corrected chi connectivity index (χ0v) is 22.1. The van der Waals surface area contributed by atoms with Crippen molar-refractivity contribution in [1.29, 1.82) is 0 Å². The Kier molecular flexibility index (Phi) is 8.77. The van der Waals surface area contributed by atoms with Crippen LogP contribution in [-0.4, -0.2) is 59.8 Å². The van der Waals surface area contributed by atoms with Crippen LogP contribution >= 0.6 is 7.82 Å². The summed E-state index contributed by atoms with van der Waals surface area (Å²) in [5, 5.41) is 10.5. The van der Waals surface area contributed by atoms with Gasteiger partial charge in [0.1, 0.15) is 29.1 Å². The molecule has 12 nitrogen and oxygen atoms in total. The van der Waals surface area contributed by atoms with Crippen LogP contribution in [0.4, 0.5) is 17.6 Å². The van der Waals surface area contributed by atoms with Crippen LogP contribution in [0.2, 0.25) is 0 Å². The van der Waals surface area contributed by atoms with E-state index in [1.54, 1.807) is 0 Å². The van der Waals surface area contributed by atoms with E-state index in [0.29, 0.717) is 11.5 Å². The Morgan fingerprint density at radius 3 is 1.95 bits per heavy atom. The lowest BCUT2D eigenvalue weighted by Crippen LogP contribution is -2.52. The van der Waals surface area contributed by atoms with Crippen molar-refractivity contribution in [2.75, 3.05) is 20.8 Å². The molecule has 2 heterocycles. The number of phosphoric acid groups is 1. The van der Waals surface area contributed by atoms with E-state index in [4.69, 9.17) is 27.8 Å². The molecule has 2 N–H and O–H groups in total. The smallest absolute Gasteiger partial charge is 0.497 e. The van der Waals surface area contributed by atoms with Crippen molar-refractivity contribution < 1.29 is 55.0 Å². The van der Waals surface area contributed by atoms with Gasteiger partial charge in [0.25, 0.3) is 12.0 Å². The Morgan fingerprint density at radius 2 is 1.49 bits per heavy atom. The molecular weight excluding hydrogens is 583 g/mol. The number of methoxy groups -OCH3 is 2. The first kappa shape index (κ1) is 30.1. The van der Waals surface area contributed by atoms with Crippen LogP contribution in [0.5, 0.6) is 23.0 Å². The molecule has 4 rings (SSSR count). The maximum absolute atomic E-state index is 15.1. The highest BCUT2D eigenvalue weighted by Crippen LogP contribution is 2.52. The van der Waals surface area contributed by atoms with Crippen molar-refractivity contribution in [2.24, 2.45) is 0 Å². The van der Waals surface area contributed by atoms with E-state index in [0.717, 1.165) is 0 Å². The van der Waals surface area contributed by atoms with E-state index >= 15 is 4.39 Å². The molecule has 1 aromatic heterocycles. The second kappa shape index (κ2) is 11.9. The number of ether oxygens (including phenoxy) is 3. The molecule has 1 saturated heterocycles. The summed E-state index contributed by atoms with van der Waals surface area (Å²) in [4.78, 5) is 25.0. The van der Waals surface area contributed by atoms with E-state index < -0.39 is 62.0 Å².